The van der Waals surface area contributed by atoms with Gasteiger partial charge in [-0.15, -0.1) is 5.10 Å². The van der Waals surface area contributed by atoms with Crippen molar-refractivity contribution >= 4 is 34.7 Å². The van der Waals surface area contributed by atoms with E-state index in [0.717, 1.165) is 16.7 Å². The second-order valence-electron chi connectivity index (χ2n) is 5.79. The van der Waals surface area contributed by atoms with E-state index in [4.69, 9.17) is 0 Å². The van der Waals surface area contributed by atoms with Crippen molar-refractivity contribution in [3.05, 3.63) is 75.3 Å². The van der Waals surface area contributed by atoms with Crippen molar-refractivity contribution in [3.8, 4) is 0 Å². The zero-order valence-electron chi connectivity index (χ0n) is 14.0. The Bertz CT molecular complexity index is 911. The van der Waals surface area contributed by atoms with E-state index in [9.17, 15) is 14.9 Å². The van der Waals surface area contributed by atoms with Crippen LogP contribution in [0.4, 0.5) is 5.69 Å². The van der Waals surface area contributed by atoms with Crippen molar-refractivity contribution in [1.82, 2.24) is 5.32 Å². The number of nitrogens with one attached hydrogen (secondary N) is 1. The number of benzene rings is 2. The molecule has 3 rings (SSSR count). The molecule has 0 bridgehead atoms. The third-order valence-corrected chi connectivity index (χ3v) is 4.79. The molecule has 7 nitrogen and oxygen atoms in total. The van der Waals surface area contributed by atoms with Gasteiger partial charge in [0.25, 0.3) is 5.69 Å². The number of amides is 1. The van der Waals surface area contributed by atoms with Crippen LogP contribution in [0.2, 0.25) is 0 Å². The van der Waals surface area contributed by atoms with E-state index in [-0.39, 0.29) is 16.8 Å². The molecule has 1 unspecified atom stereocenters. The Morgan fingerprint density at radius 1 is 1.27 bits per heavy atom. The fourth-order valence-electron chi connectivity index (χ4n) is 2.50. The predicted octanol–water partition coefficient (Wildman–Crippen LogP) is 3.07. The minimum Gasteiger partial charge on any atom is -0.303 e. The van der Waals surface area contributed by atoms with Crippen molar-refractivity contribution in [2.24, 2.45) is 10.2 Å². The summed E-state index contributed by atoms with van der Waals surface area (Å²) in [5, 5.41) is 21.6. The van der Waals surface area contributed by atoms with Crippen LogP contribution < -0.4 is 5.32 Å². The molecule has 1 aliphatic rings. The van der Waals surface area contributed by atoms with Crippen LogP contribution in [-0.4, -0.2) is 27.5 Å². The Morgan fingerprint density at radius 3 is 2.85 bits per heavy atom. The average Bonchev–Trinajstić information content (AvgIpc) is 2.95. The predicted molar refractivity (Wildman–Crippen MR) is 103 cm³/mol. The number of amidine groups is 1. The molecule has 0 aromatic heterocycles. The monoisotopic (exact) mass is 368 g/mol. The summed E-state index contributed by atoms with van der Waals surface area (Å²) in [5.74, 6) is -0.175. The molecule has 1 heterocycles. The van der Waals surface area contributed by atoms with Gasteiger partial charge in [0.15, 0.2) is 5.17 Å². The largest absolute Gasteiger partial charge is 0.303 e. The zero-order valence-corrected chi connectivity index (χ0v) is 14.8. The van der Waals surface area contributed by atoms with Gasteiger partial charge in [-0.05, 0) is 24.5 Å². The lowest BCUT2D eigenvalue weighted by atomic mass is 10.1. The first kappa shape index (κ1) is 17.8. The number of aryl methyl sites for hydroxylation is 1. The highest BCUT2D eigenvalue weighted by molar-refractivity contribution is 8.15. The molecule has 1 N–H and O–H groups in total. The first-order valence-electron chi connectivity index (χ1n) is 7.90. The molecule has 0 saturated carbocycles. The van der Waals surface area contributed by atoms with Gasteiger partial charge in [-0.2, -0.15) is 5.10 Å². The third-order valence-electron chi connectivity index (χ3n) is 3.72. The van der Waals surface area contributed by atoms with Crippen molar-refractivity contribution < 1.29 is 9.72 Å². The van der Waals surface area contributed by atoms with Gasteiger partial charge >= 0.3 is 0 Å². The molecule has 1 fully saturated rings. The smallest absolute Gasteiger partial charge is 0.269 e. The topological polar surface area (TPSA) is 97.0 Å². The lowest BCUT2D eigenvalue weighted by Gasteiger charge is -2.04. The number of nitro benzene ring substituents is 1. The summed E-state index contributed by atoms with van der Waals surface area (Å²) in [6.45, 7) is 1.99. The van der Waals surface area contributed by atoms with E-state index < -0.39 is 4.92 Å². The van der Waals surface area contributed by atoms with Crippen LogP contribution in [-0.2, 0) is 11.2 Å². The second-order valence-corrected chi connectivity index (χ2v) is 6.98. The van der Waals surface area contributed by atoms with Gasteiger partial charge in [-0.25, -0.2) is 0 Å². The Labute approximate surface area is 154 Å². The molecule has 26 heavy (non-hydrogen) atoms. The molecule has 2 aromatic rings. The van der Waals surface area contributed by atoms with Crippen LogP contribution in [0.1, 0.15) is 16.7 Å². The highest BCUT2D eigenvalue weighted by Crippen LogP contribution is 2.24. The van der Waals surface area contributed by atoms with Crippen LogP contribution in [0.5, 0.6) is 0 Å². The number of hydrogen-bond acceptors (Lipinski definition) is 6. The summed E-state index contributed by atoms with van der Waals surface area (Å²) >= 11 is 1.27. The minimum absolute atomic E-state index is 0.0163. The summed E-state index contributed by atoms with van der Waals surface area (Å²) in [6, 6.07) is 14.1. The Morgan fingerprint density at radius 2 is 2.08 bits per heavy atom. The third kappa shape index (κ3) is 4.54. The standard InChI is InChI=1S/C18H16N4O3S/c1-12-4-2-6-14(8-12)11-19-21-18-20-17(23)16(26-18)10-13-5-3-7-15(9-13)22(24)25/h2-9,11,16H,10H2,1H3,(H,20,21,23). The maximum Gasteiger partial charge on any atom is 0.269 e. The molecule has 0 radical (unpaired) electrons. The number of nitrogens with zero attached hydrogens (tertiary/aromatic N) is 3. The fraction of sp³-hybridized carbons (Fsp3) is 0.167. The molecule has 0 aliphatic carbocycles. The van der Waals surface area contributed by atoms with Crippen molar-refractivity contribution in [2.75, 3.05) is 0 Å². The highest BCUT2D eigenvalue weighted by Gasteiger charge is 2.30. The van der Waals surface area contributed by atoms with E-state index in [1.807, 2.05) is 31.2 Å². The SMILES string of the molecule is Cc1cccc(C=NN=C2NC(=O)C(Cc3cccc([N+](=O)[O-])c3)S2)c1. The molecular formula is C18H16N4O3S. The van der Waals surface area contributed by atoms with E-state index in [2.05, 4.69) is 15.5 Å². The molecule has 8 heteroatoms. The van der Waals surface area contributed by atoms with Crippen molar-refractivity contribution in [3.63, 3.8) is 0 Å². The van der Waals surface area contributed by atoms with Crippen LogP contribution >= 0.6 is 11.8 Å². The Balaban J connectivity index is 1.65. The summed E-state index contributed by atoms with van der Waals surface area (Å²) < 4.78 is 0. The molecule has 0 spiro atoms. The first-order valence-corrected chi connectivity index (χ1v) is 8.78. The van der Waals surface area contributed by atoms with E-state index in [1.54, 1.807) is 18.3 Å². The van der Waals surface area contributed by atoms with Gasteiger partial charge in [0, 0.05) is 12.1 Å². The second kappa shape index (κ2) is 7.92. The number of carbonyl (C=O) groups is 1. The Kier molecular flexibility index (Phi) is 5.43. The maximum absolute atomic E-state index is 12.1. The number of thioether (sulfide) groups is 1. The Hall–Kier alpha value is -3.00. The van der Waals surface area contributed by atoms with Crippen LogP contribution in [0.3, 0.4) is 0 Å². The van der Waals surface area contributed by atoms with E-state index in [1.165, 1.54) is 23.9 Å². The van der Waals surface area contributed by atoms with Gasteiger partial charge < -0.3 is 5.32 Å². The minimum atomic E-state index is -0.446. The van der Waals surface area contributed by atoms with Crippen LogP contribution in [0, 0.1) is 17.0 Å². The van der Waals surface area contributed by atoms with E-state index >= 15 is 0 Å². The first-order chi connectivity index (χ1) is 12.5. The van der Waals surface area contributed by atoms with Crippen molar-refractivity contribution in [1.29, 1.82) is 0 Å². The lowest BCUT2D eigenvalue weighted by Crippen LogP contribution is -2.25. The summed E-state index contributed by atoms with van der Waals surface area (Å²) in [6.07, 6.45) is 2.01. The fourth-order valence-corrected chi connectivity index (χ4v) is 3.46. The van der Waals surface area contributed by atoms with Crippen molar-refractivity contribution in [2.45, 2.75) is 18.6 Å². The number of rotatable bonds is 5. The van der Waals surface area contributed by atoms with Gasteiger partial charge in [0.2, 0.25) is 5.91 Å². The van der Waals surface area contributed by atoms with Gasteiger partial charge in [-0.1, -0.05) is 53.7 Å². The summed E-state index contributed by atoms with van der Waals surface area (Å²) in [4.78, 5) is 22.5. The lowest BCUT2D eigenvalue weighted by molar-refractivity contribution is -0.384. The highest BCUT2D eigenvalue weighted by atomic mass is 32.2. The summed E-state index contributed by atoms with van der Waals surface area (Å²) in [5.41, 5.74) is 2.80. The number of nitro groups is 1. The molecule has 1 aliphatic heterocycles. The maximum atomic E-state index is 12.1. The molecule has 1 saturated heterocycles. The molecule has 2 aromatic carbocycles. The van der Waals surface area contributed by atoms with Crippen LogP contribution in [0.15, 0.2) is 58.7 Å². The van der Waals surface area contributed by atoms with Gasteiger partial charge in [0.05, 0.1) is 16.4 Å². The molecular weight excluding hydrogens is 352 g/mol. The summed E-state index contributed by atoms with van der Waals surface area (Å²) in [7, 11) is 0. The van der Waals surface area contributed by atoms with Gasteiger partial charge in [0.1, 0.15) is 0 Å². The quantitative estimate of drug-likeness (QED) is 0.498. The van der Waals surface area contributed by atoms with Crippen LogP contribution in [0.25, 0.3) is 0 Å². The number of carbonyl (C=O) groups excluding carboxylic acids is 1. The van der Waals surface area contributed by atoms with Gasteiger partial charge in [-0.3, -0.25) is 14.9 Å². The molecule has 1 amide bonds. The number of non-ortho nitro benzene ring substituents is 1. The average molecular weight is 368 g/mol. The number of hydrogen-bond donors (Lipinski definition) is 1. The van der Waals surface area contributed by atoms with E-state index in [0.29, 0.717) is 11.6 Å². The molecule has 132 valence electrons. The molecule has 1 atom stereocenters. The zero-order chi connectivity index (χ0) is 18.5. The normalized spacial score (nSPS) is 18.4.